The first kappa shape index (κ1) is 71.3. The Morgan fingerprint density at radius 2 is 0.753 bits per heavy atom. The fourth-order valence-corrected chi connectivity index (χ4v) is 10.3. The summed E-state index contributed by atoms with van der Waals surface area (Å²) in [5.41, 5.74) is 0. The van der Waals surface area contributed by atoms with E-state index in [9.17, 15) is 45.3 Å². The molecule has 77 heavy (non-hydrogen) atoms. The molecule has 0 saturated carbocycles. The van der Waals surface area contributed by atoms with Crippen molar-refractivity contribution < 1.29 is 73.8 Å². The molecule has 2 saturated heterocycles. The maximum atomic E-state index is 13.1. The van der Waals surface area contributed by atoms with Crippen LogP contribution in [-0.2, 0) is 38.0 Å². The van der Waals surface area contributed by atoms with E-state index >= 15 is 0 Å². The molecule has 0 amide bonds. The van der Waals surface area contributed by atoms with Crippen LogP contribution in [0.2, 0.25) is 0 Å². The summed E-state index contributed by atoms with van der Waals surface area (Å²) in [7, 11) is 0. The number of esters is 2. The number of hydrogen-bond acceptors (Lipinski definition) is 15. The molecular formula is C62H116O15. The van der Waals surface area contributed by atoms with Crippen LogP contribution in [0.4, 0.5) is 0 Å². The normalized spacial score (nSPS) is 24.2. The second-order valence-electron chi connectivity index (χ2n) is 22.6. The van der Waals surface area contributed by atoms with Crippen LogP contribution in [0.15, 0.2) is 12.2 Å². The van der Waals surface area contributed by atoms with Gasteiger partial charge in [0.25, 0.3) is 0 Å². The molecule has 0 radical (unpaired) electrons. The number of carbonyl (C=O) groups is 2. The summed E-state index contributed by atoms with van der Waals surface area (Å²) in [6, 6.07) is 0. The number of unbranched alkanes of at least 4 members (excludes halogenated alkanes) is 36. The molecule has 7 N–H and O–H groups in total. The summed E-state index contributed by atoms with van der Waals surface area (Å²) >= 11 is 0. The Hall–Kier alpha value is -1.76. The number of aliphatic hydroxyl groups is 7. The molecule has 4 unspecified atom stereocenters. The molecule has 2 aliphatic heterocycles. The third-order valence-electron chi connectivity index (χ3n) is 15.5. The van der Waals surface area contributed by atoms with Gasteiger partial charge in [-0.1, -0.05) is 244 Å². The van der Waals surface area contributed by atoms with Crippen molar-refractivity contribution in [2.45, 2.75) is 345 Å². The van der Waals surface area contributed by atoms with Crippen molar-refractivity contribution in [3.8, 4) is 0 Å². The zero-order valence-corrected chi connectivity index (χ0v) is 48.7. The second-order valence-corrected chi connectivity index (χ2v) is 22.6. The van der Waals surface area contributed by atoms with Crippen LogP contribution in [-0.4, -0.2) is 142 Å². The summed E-state index contributed by atoms with van der Waals surface area (Å²) in [6.07, 6.45) is 36.7. The Balaban J connectivity index is 1.72. The monoisotopic (exact) mass is 1100 g/mol. The summed E-state index contributed by atoms with van der Waals surface area (Å²) in [4.78, 5) is 25.9. The quantitative estimate of drug-likeness (QED) is 0.0171. The lowest BCUT2D eigenvalue weighted by Crippen LogP contribution is -2.61. The Morgan fingerprint density at radius 1 is 0.403 bits per heavy atom. The highest BCUT2D eigenvalue weighted by Crippen LogP contribution is 2.27. The largest absolute Gasteiger partial charge is 0.462 e. The number of rotatable bonds is 52. The number of ether oxygens (including phenoxy) is 6. The minimum Gasteiger partial charge on any atom is -0.462 e. The van der Waals surface area contributed by atoms with Crippen LogP contribution < -0.4 is 0 Å². The lowest BCUT2D eigenvalue weighted by atomic mass is 9.98. The van der Waals surface area contributed by atoms with Crippen LogP contribution >= 0.6 is 0 Å². The third kappa shape index (κ3) is 35.7. The summed E-state index contributed by atoms with van der Waals surface area (Å²) in [5, 5.41) is 72.4. The Bertz CT molecular complexity index is 1390. The average molecular weight is 1100 g/mol. The fourth-order valence-electron chi connectivity index (χ4n) is 10.3. The molecule has 2 aliphatic rings. The van der Waals surface area contributed by atoms with Gasteiger partial charge in [-0.3, -0.25) is 9.59 Å². The molecule has 0 aromatic rings. The summed E-state index contributed by atoms with van der Waals surface area (Å²) in [5.74, 6) is -0.943. The van der Waals surface area contributed by atoms with E-state index in [1.165, 1.54) is 199 Å². The second kappa shape index (κ2) is 48.9. The van der Waals surface area contributed by atoms with Gasteiger partial charge in [-0.25, -0.2) is 0 Å². The molecule has 2 rings (SSSR count). The number of allylic oxidation sites excluding steroid dienone is 2. The highest BCUT2D eigenvalue weighted by atomic mass is 16.7. The number of carbonyl (C=O) groups excluding carboxylic acids is 2. The summed E-state index contributed by atoms with van der Waals surface area (Å²) in [6.45, 7) is 2.64. The summed E-state index contributed by atoms with van der Waals surface area (Å²) < 4.78 is 33.7. The van der Waals surface area contributed by atoms with Crippen LogP contribution in [0, 0.1) is 0 Å². The average Bonchev–Trinajstić information content (AvgIpc) is 3.43. The van der Waals surface area contributed by atoms with Crippen molar-refractivity contribution in [1.82, 2.24) is 0 Å². The van der Waals surface area contributed by atoms with Crippen molar-refractivity contribution in [2.24, 2.45) is 0 Å². The van der Waals surface area contributed by atoms with Gasteiger partial charge in [-0.2, -0.15) is 0 Å². The van der Waals surface area contributed by atoms with Gasteiger partial charge in [0.05, 0.1) is 19.8 Å². The minimum absolute atomic E-state index is 0.123. The van der Waals surface area contributed by atoms with Gasteiger partial charge in [0.2, 0.25) is 0 Å². The predicted octanol–water partition coefficient (Wildman–Crippen LogP) is 11.7. The van der Waals surface area contributed by atoms with Gasteiger partial charge in [0, 0.05) is 12.8 Å². The van der Waals surface area contributed by atoms with E-state index in [4.69, 9.17) is 28.4 Å². The lowest BCUT2D eigenvalue weighted by Gasteiger charge is -2.42. The molecule has 0 bridgehead atoms. The van der Waals surface area contributed by atoms with Gasteiger partial charge in [-0.05, 0) is 32.1 Å². The van der Waals surface area contributed by atoms with Crippen molar-refractivity contribution in [1.29, 1.82) is 0 Å². The Labute approximate surface area is 467 Å². The Kier molecular flexibility index (Phi) is 45.3. The van der Waals surface area contributed by atoms with E-state index in [-0.39, 0.29) is 26.1 Å². The topological polar surface area (TPSA) is 231 Å². The number of hydrogen-bond donors (Lipinski definition) is 7. The molecule has 11 atom stereocenters. The van der Waals surface area contributed by atoms with E-state index in [0.29, 0.717) is 19.3 Å². The van der Waals surface area contributed by atoms with Crippen molar-refractivity contribution in [3.63, 3.8) is 0 Å². The first-order valence-corrected chi connectivity index (χ1v) is 31.8. The molecule has 0 aromatic heterocycles. The van der Waals surface area contributed by atoms with Gasteiger partial charge in [0.1, 0.15) is 55.4 Å². The fraction of sp³-hybridized carbons (Fsp3) is 0.935. The van der Waals surface area contributed by atoms with Crippen LogP contribution in [0.25, 0.3) is 0 Å². The van der Waals surface area contributed by atoms with Crippen LogP contribution in [0.5, 0.6) is 0 Å². The SMILES string of the molecule is CCCCCCCCCCCCCCCCCCCC/C=C/CCCC(=O)O[C@H](COC(=O)CCCCCCCCCCCCCCCCCCCC)CO[C@H]1O[C@@H](CO[C@H]2O[C@@H](CO)[C@@H](O)C(O)C2O)[C@@H](O)C(O)C1O. The van der Waals surface area contributed by atoms with Gasteiger partial charge in [-0.15, -0.1) is 0 Å². The van der Waals surface area contributed by atoms with Gasteiger partial charge >= 0.3 is 11.9 Å². The maximum absolute atomic E-state index is 13.1. The van der Waals surface area contributed by atoms with Crippen molar-refractivity contribution in [3.05, 3.63) is 12.2 Å². The Morgan fingerprint density at radius 3 is 1.18 bits per heavy atom. The van der Waals surface area contributed by atoms with Crippen molar-refractivity contribution in [2.75, 3.05) is 26.4 Å². The predicted molar refractivity (Wildman–Crippen MR) is 303 cm³/mol. The van der Waals surface area contributed by atoms with Crippen molar-refractivity contribution >= 4 is 11.9 Å². The van der Waals surface area contributed by atoms with E-state index in [1.807, 2.05) is 0 Å². The van der Waals surface area contributed by atoms with E-state index < -0.39 is 92.7 Å². The third-order valence-corrected chi connectivity index (χ3v) is 15.5. The maximum Gasteiger partial charge on any atom is 0.306 e. The molecule has 15 heteroatoms. The lowest BCUT2D eigenvalue weighted by molar-refractivity contribution is -0.332. The molecule has 15 nitrogen and oxygen atoms in total. The van der Waals surface area contributed by atoms with Gasteiger partial charge in [0.15, 0.2) is 18.7 Å². The van der Waals surface area contributed by atoms with Crippen LogP contribution in [0.3, 0.4) is 0 Å². The highest BCUT2D eigenvalue weighted by Gasteiger charge is 2.47. The zero-order chi connectivity index (χ0) is 56.0. The minimum atomic E-state index is -1.77. The van der Waals surface area contributed by atoms with E-state index in [1.54, 1.807) is 0 Å². The number of aliphatic hydroxyl groups excluding tert-OH is 7. The van der Waals surface area contributed by atoms with E-state index in [0.717, 1.165) is 32.1 Å². The molecular weight excluding hydrogens is 985 g/mol. The first-order chi connectivity index (χ1) is 37.5. The molecule has 2 fully saturated rings. The van der Waals surface area contributed by atoms with Gasteiger partial charge < -0.3 is 64.2 Å². The molecule has 0 spiro atoms. The zero-order valence-electron chi connectivity index (χ0n) is 48.7. The first-order valence-electron chi connectivity index (χ1n) is 31.8. The standard InChI is InChI=1S/C62H116O15/c1-3-5-7-9-11-13-15-17-19-21-23-24-25-26-27-29-31-33-35-37-39-41-43-45-54(65)75-50(47-72-53(64)44-42-40-38-36-34-32-30-28-22-20-18-16-14-12-10-8-6-4-2)48-73-61-60(71)58(69)56(67)52(77-61)49-74-62-59(70)57(68)55(66)51(46-63)76-62/h37,39,50-52,55-63,66-71H,3-36,38,40-49H2,1-2H3/b39-37+/t50-,51+,52+,55-,56-,57?,58?,59?,60?,61+,62+/m1/s1. The van der Waals surface area contributed by atoms with E-state index in [2.05, 4.69) is 26.0 Å². The highest BCUT2D eigenvalue weighted by molar-refractivity contribution is 5.70. The van der Waals surface area contributed by atoms with Crippen LogP contribution in [0.1, 0.15) is 277 Å². The smallest absolute Gasteiger partial charge is 0.306 e. The molecule has 2 heterocycles. The molecule has 454 valence electrons. The molecule has 0 aliphatic carbocycles. The molecule has 0 aromatic carbocycles.